The van der Waals surface area contributed by atoms with E-state index in [2.05, 4.69) is 15.9 Å². The van der Waals surface area contributed by atoms with Gasteiger partial charge in [-0.3, -0.25) is 4.79 Å². The fourth-order valence-electron chi connectivity index (χ4n) is 2.22. The zero-order valence-corrected chi connectivity index (χ0v) is 10.3. The molecular formula is C12H15BrO2. The molecule has 1 aromatic heterocycles. The van der Waals surface area contributed by atoms with Crippen LogP contribution in [0.25, 0.3) is 0 Å². The maximum absolute atomic E-state index is 11.7. The Morgan fingerprint density at radius 2 is 2.13 bits per heavy atom. The molecule has 1 heterocycles. The summed E-state index contributed by atoms with van der Waals surface area (Å²) in [4.78, 5) is 11.7. The smallest absolute Gasteiger partial charge is 0.198 e. The van der Waals surface area contributed by atoms with E-state index in [1.165, 1.54) is 25.7 Å². The second-order valence-electron chi connectivity index (χ2n) is 4.22. The van der Waals surface area contributed by atoms with E-state index < -0.39 is 0 Å². The second kappa shape index (κ2) is 4.97. The first kappa shape index (κ1) is 10.9. The number of carbonyl (C=O) groups is 1. The summed E-state index contributed by atoms with van der Waals surface area (Å²) in [5, 5.41) is 0. The van der Waals surface area contributed by atoms with E-state index in [1.54, 1.807) is 12.1 Å². The van der Waals surface area contributed by atoms with Crippen LogP contribution < -0.4 is 0 Å². The van der Waals surface area contributed by atoms with Crippen molar-refractivity contribution in [2.24, 2.45) is 5.92 Å². The van der Waals surface area contributed by atoms with Crippen molar-refractivity contribution in [3.05, 3.63) is 22.6 Å². The number of Topliss-reactive ketones (excluding diaryl/α,β-unsaturated/α-hetero) is 1. The van der Waals surface area contributed by atoms with Gasteiger partial charge in [-0.05, 0) is 40.4 Å². The summed E-state index contributed by atoms with van der Waals surface area (Å²) in [5.41, 5.74) is 0. The quantitative estimate of drug-likeness (QED) is 0.768. The lowest BCUT2D eigenvalue weighted by atomic mass is 10.00. The molecule has 15 heavy (non-hydrogen) atoms. The molecular weight excluding hydrogens is 256 g/mol. The van der Waals surface area contributed by atoms with Gasteiger partial charge >= 0.3 is 0 Å². The Bertz CT molecular complexity index is 337. The van der Waals surface area contributed by atoms with E-state index >= 15 is 0 Å². The molecule has 2 rings (SSSR count). The molecule has 0 aromatic carbocycles. The van der Waals surface area contributed by atoms with Gasteiger partial charge in [0.1, 0.15) is 0 Å². The molecule has 0 radical (unpaired) electrons. The first-order valence-corrected chi connectivity index (χ1v) is 6.33. The third-order valence-electron chi connectivity index (χ3n) is 3.10. The number of hydrogen-bond donors (Lipinski definition) is 0. The molecule has 1 aliphatic carbocycles. The molecule has 1 aliphatic rings. The fraction of sp³-hybridized carbons (Fsp3) is 0.583. The van der Waals surface area contributed by atoms with Crippen LogP contribution >= 0.6 is 15.9 Å². The van der Waals surface area contributed by atoms with Crippen molar-refractivity contribution in [3.8, 4) is 0 Å². The lowest BCUT2D eigenvalue weighted by molar-refractivity contribution is 0.0945. The molecule has 1 aromatic rings. The minimum Gasteiger partial charge on any atom is -0.446 e. The van der Waals surface area contributed by atoms with E-state index in [0.717, 1.165) is 12.3 Å². The largest absolute Gasteiger partial charge is 0.446 e. The Balaban J connectivity index is 1.81. The molecule has 1 saturated carbocycles. The minimum atomic E-state index is 0.132. The number of carbonyl (C=O) groups excluding carboxylic acids is 1. The Kier molecular flexibility index (Phi) is 3.62. The van der Waals surface area contributed by atoms with Crippen LogP contribution in [-0.2, 0) is 0 Å². The van der Waals surface area contributed by atoms with Gasteiger partial charge in [0.2, 0.25) is 0 Å². The molecule has 3 heteroatoms. The van der Waals surface area contributed by atoms with Gasteiger partial charge in [0.15, 0.2) is 16.2 Å². The summed E-state index contributed by atoms with van der Waals surface area (Å²) < 4.78 is 5.86. The van der Waals surface area contributed by atoms with Crippen molar-refractivity contribution in [1.82, 2.24) is 0 Å². The Morgan fingerprint density at radius 1 is 1.40 bits per heavy atom. The number of halogens is 1. The molecule has 0 aliphatic heterocycles. The van der Waals surface area contributed by atoms with E-state index in [1.807, 2.05) is 0 Å². The van der Waals surface area contributed by atoms with Gasteiger partial charge in [0.25, 0.3) is 0 Å². The SMILES string of the molecule is O=C(CCC1CCCC1)c1ccc(Br)o1. The topological polar surface area (TPSA) is 30.2 Å². The van der Waals surface area contributed by atoms with E-state index in [9.17, 15) is 4.79 Å². The lowest BCUT2D eigenvalue weighted by Crippen LogP contribution is -2.01. The summed E-state index contributed by atoms with van der Waals surface area (Å²) in [6, 6.07) is 3.50. The average molecular weight is 271 g/mol. The third-order valence-corrected chi connectivity index (χ3v) is 3.53. The molecule has 0 saturated heterocycles. The number of furan rings is 1. The number of ketones is 1. The van der Waals surface area contributed by atoms with Crippen molar-refractivity contribution in [3.63, 3.8) is 0 Å². The van der Waals surface area contributed by atoms with Crippen LogP contribution in [0.4, 0.5) is 0 Å². The highest BCUT2D eigenvalue weighted by Crippen LogP contribution is 2.29. The molecule has 0 amide bonds. The van der Waals surface area contributed by atoms with Crippen molar-refractivity contribution >= 4 is 21.7 Å². The van der Waals surface area contributed by atoms with Crippen LogP contribution in [0.5, 0.6) is 0 Å². The predicted octanol–water partition coefficient (Wildman–Crippen LogP) is 4.20. The summed E-state index contributed by atoms with van der Waals surface area (Å²) in [7, 11) is 0. The van der Waals surface area contributed by atoms with E-state index in [0.29, 0.717) is 16.9 Å². The van der Waals surface area contributed by atoms with E-state index in [-0.39, 0.29) is 5.78 Å². The molecule has 0 bridgehead atoms. The van der Waals surface area contributed by atoms with Gasteiger partial charge < -0.3 is 4.42 Å². The van der Waals surface area contributed by atoms with Crippen molar-refractivity contribution in [1.29, 1.82) is 0 Å². The highest BCUT2D eigenvalue weighted by Gasteiger charge is 2.17. The molecule has 2 nitrogen and oxygen atoms in total. The van der Waals surface area contributed by atoms with Crippen LogP contribution in [0.15, 0.2) is 21.2 Å². The van der Waals surface area contributed by atoms with Gasteiger partial charge in [0, 0.05) is 6.42 Å². The molecule has 1 fully saturated rings. The zero-order valence-electron chi connectivity index (χ0n) is 8.67. The summed E-state index contributed by atoms with van der Waals surface area (Å²) in [6.45, 7) is 0. The van der Waals surface area contributed by atoms with Crippen LogP contribution in [-0.4, -0.2) is 5.78 Å². The molecule has 0 N–H and O–H groups in total. The van der Waals surface area contributed by atoms with Crippen LogP contribution in [0.3, 0.4) is 0 Å². The number of rotatable bonds is 4. The van der Waals surface area contributed by atoms with Crippen molar-refractivity contribution in [2.45, 2.75) is 38.5 Å². The first-order chi connectivity index (χ1) is 7.25. The third kappa shape index (κ3) is 2.94. The maximum atomic E-state index is 11.7. The summed E-state index contributed by atoms with van der Waals surface area (Å²) >= 11 is 3.20. The van der Waals surface area contributed by atoms with Gasteiger partial charge in [0.05, 0.1) is 0 Å². The van der Waals surface area contributed by atoms with Gasteiger partial charge in [-0.1, -0.05) is 25.7 Å². The fourth-order valence-corrected chi connectivity index (χ4v) is 2.53. The average Bonchev–Trinajstić information content (AvgIpc) is 2.84. The standard InChI is InChI=1S/C12H15BrO2/c13-12-8-7-11(15-12)10(14)6-5-9-3-1-2-4-9/h7-9H,1-6H2. The maximum Gasteiger partial charge on any atom is 0.198 e. The van der Waals surface area contributed by atoms with E-state index in [4.69, 9.17) is 4.42 Å². The van der Waals surface area contributed by atoms with Gasteiger partial charge in [-0.25, -0.2) is 0 Å². The summed E-state index contributed by atoms with van der Waals surface area (Å²) in [6.07, 6.45) is 6.93. The zero-order chi connectivity index (χ0) is 10.7. The van der Waals surface area contributed by atoms with Crippen LogP contribution in [0.2, 0.25) is 0 Å². The van der Waals surface area contributed by atoms with Gasteiger partial charge in [-0.15, -0.1) is 0 Å². The highest BCUT2D eigenvalue weighted by molar-refractivity contribution is 9.10. The highest BCUT2D eigenvalue weighted by atomic mass is 79.9. The molecule has 0 spiro atoms. The van der Waals surface area contributed by atoms with Crippen LogP contribution in [0.1, 0.15) is 49.1 Å². The van der Waals surface area contributed by atoms with Crippen LogP contribution in [0, 0.1) is 5.92 Å². The Labute approximate surface area is 98.2 Å². The van der Waals surface area contributed by atoms with Crippen molar-refractivity contribution < 1.29 is 9.21 Å². The Morgan fingerprint density at radius 3 is 2.73 bits per heavy atom. The lowest BCUT2D eigenvalue weighted by Gasteiger charge is -2.06. The second-order valence-corrected chi connectivity index (χ2v) is 5.00. The number of hydrogen-bond acceptors (Lipinski definition) is 2. The minimum absolute atomic E-state index is 0.132. The monoisotopic (exact) mass is 270 g/mol. The van der Waals surface area contributed by atoms with Crippen molar-refractivity contribution in [2.75, 3.05) is 0 Å². The summed E-state index contributed by atoms with van der Waals surface area (Å²) in [5.74, 6) is 1.39. The normalized spacial score (nSPS) is 17.1. The Hall–Kier alpha value is -0.570. The molecule has 82 valence electrons. The predicted molar refractivity (Wildman–Crippen MR) is 61.9 cm³/mol. The molecule has 0 unspecified atom stereocenters. The first-order valence-electron chi connectivity index (χ1n) is 5.54. The molecule has 0 atom stereocenters. The van der Waals surface area contributed by atoms with Gasteiger partial charge in [-0.2, -0.15) is 0 Å².